The van der Waals surface area contributed by atoms with Gasteiger partial charge in [-0.15, -0.1) is 0 Å². The second-order valence-electron chi connectivity index (χ2n) is 5.17. The molecule has 2 heterocycles. The number of thioether (sulfide) groups is 1. The Balaban J connectivity index is 1.86. The minimum Gasteiger partial charge on any atom is -0.497 e. The van der Waals surface area contributed by atoms with Crippen LogP contribution in [0.4, 0.5) is 0 Å². The molecule has 0 spiro atoms. The highest BCUT2D eigenvalue weighted by molar-refractivity contribution is 8.26. The quantitative estimate of drug-likeness (QED) is 0.598. The van der Waals surface area contributed by atoms with E-state index in [1.807, 2.05) is 17.1 Å². The van der Waals surface area contributed by atoms with Crippen LogP contribution in [0, 0.1) is 0 Å². The lowest BCUT2D eigenvalue weighted by Crippen LogP contribution is -2.50. The maximum Gasteiger partial charge on any atom is 0.280 e. The number of hydrogen-bond donors (Lipinski definition) is 0. The fraction of sp³-hybridized carbons (Fsp3) is 0.375. The van der Waals surface area contributed by atoms with E-state index in [2.05, 4.69) is 0 Å². The average molecular weight is 366 g/mol. The molecule has 0 N–H and O–H groups in total. The van der Waals surface area contributed by atoms with E-state index in [-0.39, 0.29) is 5.91 Å². The maximum atomic E-state index is 12.7. The Hall–Kier alpha value is -1.61. The number of thiocarbonyl (C=S) groups is 1. The number of carbonyl (C=O) groups is 1. The van der Waals surface area contributed by atoms with Crippen molar-refractivity contribution in [2.75, 3.05) is 40.5 Å². The Morgan fingerprint density at radius 2 is 2.00 bits per heavy atom. The predicted octanol–water partition coefficient (Wildman–Crippen LogP) is 2.15. The average Bonchev–Trinajstić information content (AvgIpc) is 2.89. The first-order chi connectivity index (χ1) is 11.6. The van der Waals surface area contributed by atoms with Gasteiger partial charge >= 0.3 is 0 Å². The normalized spacial score (nSPS) is 20.8. The number of methoxy groups -OCH3 is 2. The Labute approximate surface area is 150 Å². The molecule has 0 bridgehead atoms. The van der Waals surface area contributed by atoms with Gasteiger partial charge in [0.1, 0.15) is 11.5 Å². The van der Waals surface area contributed by atoms with Crippen LogP contribution < -0.4 is 9.47 Å². The summed E-state index contributed by atoms with van der Waals surface area (Å²) >= 11 is 6.68. The van der Waals surface area contributed by atoms with Crippen LogP contribution in [0.1, 0.15) is 5.56 Å². The second kappa shape index (κ2) is 7.52. The molecule has 1 amide bonds. The fourth-order valence-electron chi connectivity index (χ4n) is 2.54. The summed E-state index contributed by atoms with van der Waals surface area (Å²) in [4.78, 5) is 13.3. The van der Waals surface area contributed by atoms with Crippen molar-refractivity contribution in [2.24, 2.45) is 0 Å². The molecular formula is C16H18N2O4S2. The van der Waals surface area contributed by atoms with E-state index in [1.54, 1.807) is 31.4 Å². The molecule has 0 atom stereocenters. The Morgan fingerprint density at radius 3 is 2.67 bits per heavy atom. The highest BCUT2D eigenvalue weighted by Gasteiger charge is 2.37. The van der Waals surface area contributed by atoms with Crippen molar-refractivity contribution in [3.63, 3.8) is 0 Å². The summed E-state index contributed by atoms with van der Waals surface area (Å²) in [7, 11) is 3.19. The molecule has 128 valence electrons. The summed E-state index contributed by atoms with van der Waals surface area (Å²) in [6, 6.07) is 5.48. The Morgan fingerprint density at radius 1 is 1.25 bits per heavy atom. The third-order valence-electron chi connectivity index (χ3n) is 3.77. The van der Waals surface area contributed by atoms with Crippen molar-refractivity contribution in [3.8, 4) is 11.5 Å². The zero-order chi connectivity index (χ0) is 17.1. The summed E-state index contributed by atoms with van der Waals surface area (Å²) in [5, 5.41) is 3.51. The third kappa shape index (κ3) is 3.41. The monoisotopic (exact) mass is 366 g/mol. The molecule has 1 aromatic carbocycles. The van der Waals surface area contributed by atoms with E-state index in [4.69, 9.17) is 26.4 Å². The van der Waals surface area contributed by atoms with Crippen molar-refractivity contribution in [1.29, 1.82) is 0 Å². The van der Waals surface area contributed by atoms with Gasteiger partial charge in [0.25, 0.3) is 5.91 Å². The molecule has 2 aliphatic rings. The molecular weight excluding hydrogens is 348 g/mol. The van der Waals surface area contributed by atoms with Gasteiger partial charge in [-0.25, -0.2) is 10.0 Å². The smallest absolute Gasteiger partial charge is 0.280 e. The van der Waals surface area contributed by atoms with E-state index < -0.39 is 0 Å². The van der Waals surface area contributed by atoms with Crippen molar-refractivity contribution >= 4 is 40.3 Å². The van der Waals surface area contributed by atoms with E-state index in [1.165, 1.54) is 11.8 Å². The molecule has 2 aliphatic heterocycles. The standard InChI is InChI=1S/C16H18N2O4S2/c1-20-12-4-3-11(13(10-12)21-2)9-14-15(19)18(16(23)24-14)17-5-7-22-8-6-17/h3-4,9-10H,5-8H2,1-2H3. The van der Waals surface area contributed by atoms with Crippen LogP contribution >= 0.6 is 24.0 Å². The fourth-order valence-corrected chi connectivity index (χ4v) is 3.84. The summed E-state index contributed by atoms with van der Waals surface area (Å²) in [6.07, 6.45) is 1.80. The molecule has 24 heavy (non-hydrogen) atoms. The summed E-state index contributed by atoms with van der Waals surface area (Å²) in [5.74, 6) is 1.24. The van der Waals surface area contributed by atoms with E-state index in [0.717, 1.165) is 5.56 Å². The molecule has 6 nitrogen and oxygen atoms in total. The minimum atomic E-state index is -0.107. The maximum absolute atomic E-state index is 12.7. The van der Waals surface area contributed by atoms with Crippen molar-refractivity contribution in [2.45, 2.75) is 0 Å². The number of morpholine rings is 1. The van der Waals surface area contributed by atoms with Crippen LogP contribution in [0.15, 0.2) is 23.1 Å². The molecule has 0 aliphatic carbocycles. The predicted molar refractivity (Wildman–Crippen MR) is 97.0 cm³/mol. The minimum absolute atomic E-state index is 0.107. The van der Waals surface area contributed by atoms with Gasteiger partial charge in [-0.05, 0) is 18.2 Å². The number of benzene rings is 1. The molecule has 2 saturated heterocycles. The summed E-state index contributed by atoms with van der Waals surface area (Å²) < 4.78 is 16.5. The van der Waals surface area contributed by atoms with E-state index in [0.29, 0.717) is 47.0 Å². The Kier molecular flexibility index (Phi) is 5.40. The van der Waals surface area contributed by atoms with Crippen LogP contribution in [-0.4, -0.2) is 60.8 Å². The molecule has 0 unspecified atom stereocenters. The van der Waals surface area contributed by atoms with E-state index >= 15 is 0 Å². The van der Waals surface area contributed by atoms with Gasteiger partial charge in [-0.2, -0.15) is 0 Å². The first-order valence-corrected chi connectivity index (χ1v) is 8.69. The van der Waals surface area contributed by atoms with Crippen LogP contribution in [0.3, 0.4) is 0 Å². The van der Waals surface area contributed by atoms with Gasteiger partial charge in [-0.1, -0.05) is 24.0 Å². The SMILES string of the molecule is COc1ccc(C=C2SC(=S)N(N3CCOCC3)C2=O)c(OC)c1. The van der Waals surface area contributed by atoms with Crippen molar-refractivity contribution in [1.82, 2.24) is 10.0 Å². The third-order valence-corrected chi connectivity index (χ3v) is 5.05. The van der Waals surface area contributed by atoms with Crippen LogP contribution in [0.5, 0.6) is 11.5 Å². The number of carbonyl (C=O) groups excluding carboxylic acids is 1. The zero-order valence-electron chi connectivity index (χ0n) is 13.5. The van der Waals surface area contributed by atoms with Gasteiger partial charge in [0.15, 0.2) is 4.32 Å². The van der Waals surface area contributed by atoms with Gasteiger partial charge in [0.05, 0.1) is 32.3 Å². The molecule has 3 rings (SSSR count). The number of hydrazine groups is 1. The van der Waals surface area contributed by atoms with Crippen LogP contribution in [-0.2, 0) is 9.53 Å². The number of rotatable bonds is 4. The van der Waals surface area contributed by atoms with Crippen molar-refractivity contribution in [3.05, 3.63) is 28.7 Å². The molecule has 0 saturated carbocycles. The lowest BCUT2D eigenvalue weighted by Gasteiger charge is -2.33. The highest BCUT2D eigenvalue weighted by atomic mass is 32.2. The van der Waals surface area contributed by atoms with Gasteiger partial charge in [0.2, 0.25) is 0 Å². The van der Waals surface area contributed by atoms with Crippen molar-refractivity contribution < 1.29 is 19.0 Å². The zero-order valence-corrected chi connectivity index (χ0v) is 15.1. The Bertz CT molecular complexity index is 687. The molecule has 0 radical (unpaired) electrons. The van der Waals surface area contributed by atoms with Gasteiger partial charge in [0, 0.05) is 24.7 Å². The molecule has 8 heteroatoms. The first kappa shape index (κ1) is 17.2. The number of amides is 1. The molecule has 1 aromatic rings. The number of hydrogen-bond acceptors (Lipinski definition) is 7. The summed E-state index contributed by atoms with van der Waals surface area (Å²) in [6.45, 7) is 2.52. The topological polar surface area (TPSA) is 51.2 Å². The molecule has 0 aromatic heterocycles. The van der Waals surface area contributed by atoms with Gasteiger partial charge in [-0.3, -0.25) is 4.79 Å². The lowest BCUT2D eigenvalue weighted by molar-refractivity contribution is -0.138. The second-order valence-corrected chi connectivity index (χ2v) is 6.84. The number of ether oxygens (including phenoxy) is 3. The van der Waals surface area contributed by atoms with Gasteiger partial charge < -0.3 is 14.2 Å². The lowest BCUT2D eigenvalue weighted by atomic mass is 10.1. The summed E-state index contributed by atoms with van der Waals surface area (Å²) in [5.41, 5.74) is 0.806. The first-order valence-electron chi connectivity index (χ1n) is 7.46. The molecule has 2 fully saturated rings. The van der Waals surface area contributed by atoms with Crippen LogP contribution in [0.2, 0.25) is 0 Å². The number of nitrogens with zero attached hydrogens (tertiary/aromatic N) is 2. The van der Waals surface area contributed by atoms with Crippen LogP contribution in [0.25, 0.3) is 6.08 Å². The largest absolute Gasteiger partial charge is 0.497 e. The highest BCUT2D eigenvalue weighted by Crippen LogP contribution is 2.36. The van der Waals surface area contributed by atoms with E-state index in [9.17, 15) is 4.79 Å².